The molecule has 1 aromatic rings. The molecular formula is C13H19IO. The molecule has 0 spiro atoms. The molecule has 0 unspecified atom stereocenters. The van der Waals surface area contributed by atoms with Crippen LogP contribution < -0.4 is 4.74 Å². The lowest BCUT2D eigenvalue weighted by Gasteiger charge is -2.37. The molecule has 0 heterocycles. The van der Waals surface area contributed by atoms with Crippen molar-refractivity contribution in [1.29, 1.82) is 0 Å². The van der Waals surface area contributed by atoms with Crippen molar-refractivity contribution in [3.05, 3.63) is 29.8 Å². The highest BCUT2D eigenvalue weighted by Crippen LogP contribution is 2.41. The Bertz CT molecular complexity index is 319. The fourth-order valence-electron chi connectivity index (χ4n) is 1.35. The van der Waals surface area contributed by atoms with Gasteiger partial charge >= 0.3 is 0 Å². The second-order valence-electron chi connectivity index (χ2n) is 4.83. The SMILES string of the molecule is COc1ccc(C(C)(C)C(C)(C)I)cc1. The van der Waals surface area contributed by atoms with E-state index in [0.717, 1.165) is 5.75 Å². The minimum absolute atomic E-state index is 0.153. The van der Waals surface area contributed by atoms with Gasteiger partial charge in [-0.2, -0.15) is 0 Å². The van der Waals surface area contributed by atoms with Crippen LogP contribution in [0.15, 0.2) is 24.3 Å². The van der Waals surface area contributed by atoms with E-state index < -0.39 is 0 Å². The summed E-state index contributed by atoms with van der Waals surface area (Å²) in [4.78, 5) is 0. The maximum absolute atomic E-state index is 5.17. The summed E-state index contributed by atoms with van der Waals surface area (Å²) in [7, 11) is 1.70. The number of hydrogen-bond acceptors (Lipinski definition) is 1. The van der Waals surface area contributed by atoms with Crippen LogP contribution in [0.1, 0.15) is 33.3 Å². The Morgan fingerprint density at radius 2 is 1.47 bits per heavy atom. The Morgan fingerprint density at radius 1 is 1.00 bits per heavy atom. The molecule has 84 valence electrons. The zero-order chi connectivity index (χ0) is 11.7. The summed E-state index contributed by atoms with van der Waals surface area (Å²) in [6.45, 7) is 9.08. The first-order valence-electron chi connectivity index (χ1n) is 5.12. The van der Waals surface area contributed by atoms with Crippen LogP contribution in [0.4, 0.5) is 0 Å². The van der Waals surface area contributed by atoms with Crippen molar-refractivity contribution in [3.63, 3.8) is 0 Å². The van der Waals surface area contributed by atoms with E-state index in [2.05, 4.69) is 62.4 Å². The van der Waals surface area contributed by atoms with Crippen LogP contribution in [0, 0.1) is 0 Å². The standard InChI is InChI=1S/C13H19IO/c1-12(2,13(3,4)14)10-6-8-11(15-5)9-7-10/h6-9H,1-5H3. The van der Waals surface area contributed by atoms with Gasteiger partial charge in [-0.25, -0.2) is 0 Å². The molecule has 0 N–H and O–H groups in total. The third kappa shape index (κ3) is 2.65. The second kappa shape index (κ2) is 4.32. The lowest BCUT2D eigenvalue weighted by molar-refractivity contribution is 0.410. The lowest BCUT2D eigenvalue weighted by atomic mass is 9.75. The number of rotatable bonds is 3. The Balaban J connectivity index is 3.06. The molecule has 0 aliphatic carbocycles. The molecule has 0 atom stereocenters. The van der Waals surface area contributed by atoms with Crippen LogP contribution in [0.2, 0.25) is 0 Å². The second-order valence-corrected chi connectivity index (χ2v) is 7.52. The normalized spacial score (nSPS) is 12.7. The quantitative estimate of drug-likeness (QED) is 0.600. The highest BCUT2D eigenvalue weighted by Gasteiger charge is 2.35. The van der Waals surface area contributed by atoms with Crippen molar-refractivity contribution < 1.29 is 4.74 Å². The van der Waals surface area contributed by atoms with Gasteiger partial charge in [0.2, 0.25) is 0 Å². The summed E-state index contributed by atoms with van der Waals surface area (Å²) >= 11 is 2.51. The van der Waals surface area contributed by atoms with Gasteiger partial charge in [-0.05, 0) is 31.5 Å². The van der Waals surface area contributed by atoms with Crippen molar-refractivity contribution in [1.82, 2.24) is 0 Å². The zero-order valence-corrected chi connectivity index (χ0v) is 12.3. The van der Waals surface area contributed by atoms with Gasteiger partial charge in [0.1, 0.15) is 5.75 Å². The van der Waals surface area contributed by atoms with E-state index in [1.54, 1.807) is 7.11 Å². The van der Waals surface area contributed by atoms with Crippen LogP contribution in [0.3, 0.4) is 0 Å². The number of alkyl halides is 1. The summed E-state index contributed by atoms with van der Waals surface area (Å²) in [5.74, 6) is 0.917. The van der Waals surface area contributed by atoms with E-state index in [1.165, 1.54) is 5.56 Å². The summed E-state index contributed by atoms with van der Waals surface area (Å²) < 4.78 is 5.39. The van der Waals surface area contributed by atoms with E-state index >= 15 is 0 Å². The third-order valence-corrected chi connectivity index (χ3v) is 4.65. The average molecular weight is 318 g/mol. The Hall–Kier alpha value is -0.250. The Morgan fingerprint density at radius 3 is 1.80 bits per heavy atom. The molecular weight excluding hydrogens is 299 g/mol. The van der Waals surface area contributed by atoms with E-state index in [4.69, 9.17) is 4.74 Å². The van der Waals surface area contributed by atoms with Crippen molar-refractivity contribution in [2.75, 3.05) is 7.11 Å². The molecule has 0 aromatic heterocycles. The Kier molecular flexibility index (Phi) is 3.69. The molecule has 15 heavy (non-hydrogen) atoms. The van der Waals surface area contributed by atoms with Gasteiger partial charge in [-0.3, -0.25) is 0 Å². The van der Waals surface area contributed by atoms with Gasteiger partial charge in [0.15, 0.2) is 0 Å². The fourth-order valence-corrected chi connectivity index (χ4v) is 1.66. The maximum atomic E-state index is 5.17. The van der Waals surface area contributed by atoms with E-state index in [0.29, 0.717) is 0 Å². The minimum atomic E-state index is 0.153. The topological polar surface area (TPSA) is 9.23 Å². The molecule has 0 radical (unpaired) electrons. The number of methoxy groups -OCH3 is 1. The summed E-state index contributed by atoms with van der Waals surface area (Å²) in [6.07, 6.45) is 0. The van der Waals surface area contributed by atoms with E-state index in [1.807, 2.05) is 12.1 Å². The largest absolute Gasteiger partial charge is 0.497 e. The van der Waals surface area contributed by atoms with Gasteiger partial charge in [-0.1, -0.05) is 48.6 Å². The smallest absolute Gasteiger partial charge is 0.118 e. The average Bonchev–Trinajstić information content (AvgIpc) is 2.16. The molecule has 1 rings (SSSR count). The Labute approximate surface area is 106 Å². The van der Waals surface area contributed by atoms with E-state index in [9.17, 15) is 0 Å². The van der Waals surface area contributed by atoms with Crippen LogP contribution in [0.25, 0.3) is 0 Å². The number of benzene rings is 1. The first-order chi connectivity index (χ1) is 6.79. The molecule has 0 aliphatic heterocycles. The number of ether oxygens (including phenoxy) is 1. The maximum Gasteiger partial charge on any atom is 0.118 e. The van der Waals surface area contributed by atoms with Gasteiger partial charge < -0.3 is 4.74 Å². The molecule has 1 aromatic carbocycles. The van der Waals surface area contributed by atoms with Crippen LogP contribution in [-0.4, -0.2) is 10.5 Å². The van der Waals surface area contributed by atoms with Crippen LogP contribution in [-0.2, 0) is 5.41 Å². The van der Waals surface area contributed by atoms with E-state index in [-0.39, 0.29) is 8.84 Å². The first-order valence-corrected chi connectivity index (χ1v) is 6.20. The zero-order valence-electron chi connectivity index (χ0n) is 10.1. The predicted octanol–water partition coefficient (Wildman–Crippen LogP) is 4.19. The lowest BCUT2D eigenvalue weighted by Crippen LogP contribution is -2.37. The van der Waals surface area contributed by atoms with Crippen molar-refractivity contribution in [3.8, 4) is 5.75 Å². The van der Waals surface area contributed by atoms with Crippen molar-refractivity contribution in [2.45, 2.75) is 36.5 Å². The monoisotopic (exact) mass is 318 g/mol. The molecule has 0 fully saturated rings. The molecule has 0 bridgehead atoms. The highest BCUT2D eigenvalue weighted by atomic mass is 127. The predicted molar refractivity (Wildman–Crippen MR) is 74.1 cm³/mol. The number of halogens is 1. The molecule has 1 nitrogen and oxygen atoms in total. The van der Waals surface area contributed by atoms with Crippen molar-refractivity contribution in [2.24, 2.45) is 0 Å². The van der Waals surface area contributed by atoms with Crippen LogP contribution >= 0.6 is 22.6 Å². The summed E-state index contributed by atoms with van der Waals surface area (Å²) in [5.41, 5.74) is 1.50. The first kappa shape index (κ1) is 12.8. The fraction of sp³-hybridized carbons (Fsp3) is 0.538. The molecule has 0 saturated carbocycles. The minimum Gasteiger partial charge on any atom is -0.497 e. The van der Waals surface area contributed by atoms with Gasteiger partial charge in [0.05, 0.1) is 7.11 Å². The molecule has 2 heteroatoms. The van der Waals surface area contributed by atoms with Crippen LogP contribution in [0.5, 0.6) is 5.75 Å². The van der Waals surface area contributed by atoms with Gasteiger partial charge in [0, 0.05) is 8.84 Å². The molecule has 0 saturated heterocycles. The summed E-state index contributed by atoms with van der Waals surface area (Å²) in [5, 5.41) is 0. The molecule has 0 aliphatic rings. The number of hydrogen-bond donors (Lipinski definition) is 0. The molecule has 0 amide bonds. The third-order valence-electron chi connectivity index (χ3n) is 3.30. The van der Waals surface area contributed by atoms with Crippen molar-refractivity contribution >= 4 is 22.6 Å². The highest BCUT2D eigenvalue weighted by molar-refractivity contribution is 14.1. The van der Waals surface area contributed by atoms with Gasteiger partial charge in [0.25, 0.3) is 0 Å². The van der Waals surface area contributed by atoms with Gasteiger partial charge in [-0.15, -0.1) is 0 Å². The summed E-state index contributed by atoms with van der Waals surface area (Å²) in [6, 6.07) is 8.36.